The minimum atomic E-state index is -1.05. The molecule has 1 rings (SSSR count). The SMILES string of the molecule is COC(=O)C(C)N(CC(=O)O)c1ccccc1N. The van der Waals surface area contributed by atoms with Gasteiger partial charge in [0.2, 0.25) is 0 Å². The average Bonchev–Trinajstić information content (AvgIpc) is 2.35. The minimum Gasteiger partial charge on any atom is -0.480 e. The van der Waals surface area contributed by atoms with E-state index < -0.39 is 18.0 Å². The monoisotopic (exact) mass is 252 g/mol. The number of para-hydroxylation sites is 2. The number of hydrogen-bond acceptors (Lipinski definition) is 5. The number of nitrogen functional groups attached to an aromatic ring is 1. The zero-order chi connectivity index (χ0) is 13.7. The first kappa shape index (κ1) is 13.8. The summed E-state index contributed by atoms with van der Waals surface area (Å²) < 4.78 is 4.62. The zero-order valence-electron chi connectivity index (χ0n) is 10.3. The van der Waals surface area contributed by atoms with E-state index in [1.54, 1.807) is 31.2 Å². The number of anilines is 2. The van der Waals surface area contributed by atoms with E-state index in [1.165, 1.54) is 12.0 Å². The Balaban J connectivity index is 3.09. The molecule has 98 valence electrons. The molecule has 3 N–H and O–H groups in total. The topological polar surface area (TPSA) is 92.9 Å². The van der Waals surface area contributed by atoms with Gasteiger partial charge >= 0.3 is 11.9 Å². The smallest absolute Gasteiger partial charge is 0.328 e. The summed E-state index contributed by atoms with van der Waals surface area (Å²) in [6.07, 6.45) is 0. The first-order valence-electron chi connectivity index (χ1n) is 5.38. The van der Waals surface area contributed by atoms with E-state index >= 15 is 0 Å². The Morgan fingerprint density at radius 3 is 2.56 bits per heavy atom. The molecule has 0 heterocycles. The number of methoxy groups -OCH3 is 1. The van der Waals surface area contributed by atoms with Crippen molar-refractivity contribution in [2.45, 2.75) is 13.0 Å². The molecule has 0 amide bonds. The third-order valence-corrected chi connectivity index (χ3v) is 2.56. The molecule has 1 atom stereocenters. The van der Waals surface area contributed by atoms with Crippen LogP contribution in [0.5, 0.6) is 0 Å². The van der Waals surface area contributed by atoms with Crippen LogP contribution in [0.3, 0.4) is 0 Å². The van der Waals surface area contributed by atoms with Gasteiger partial charge in [0, 0.05) is 0 Å². The Kier molecular flexibility index (Phi) is 4.53. The molecule has 0 saturated heterocycles. The molecule has 1 aromatic rings. The number of nitrogens with zero attached hydrogens (tertiary/aromatic N) is 1. The minimum absolute atomic E-state index is 0.329. The summed E-state index contributed by atoms with van der Waals surface area (Å²) in [5.74, 6) is -1.56. The molecule has 18 heavy (non-hydrogen) atoms. The van der Waals surface area contributed by atoms with E-state index in [0.29, 0.717) is 11.4 Å². The van der Waals surface area contributed by atoms with Crippen molar-refractivity contribution in [2.24, 2.45) is 0 Å². The van der Waals surface area contributed by atoms with E-state index in [1.807, 2.05) is 0 Å². The zero-order valence-corrected chi connectivity index (χ0v) is 10.3. The van der Waals surface area contributed by atoms with E-state index in [-0.39, 0.29) is 6.54 Å². The summed E-state index contributed by atoms with van der Waals surface area (Å²) in [6.45, 7) is 1.24. The molecule has 6 heteroatoms. The van der Waals surface area contributed by atoms with Gasteiger partial charge in [-0.1, -0.05) is 12.1 Å². The molecule has 0 saturated carbocycles. The quantitative estimate of drug-likeness (QED) is 0.592. The third kappa shape index (κ3) is 3.13. The number of carboxylic acid groups (broad SMARTS) is 1. The number of ether oxygens (including phenoxy) is 1. The highest BCUT2D eigenvalue weighted by molar-refractivity contribution is 5.85. The van der Waals surface area contributed by atoms with Crippen LogP contribution in [0.1, 0.15) is 6.92 Å². The maximum absolute atomic E-state index is 11.5. The van der Waals surface area contributed by atoms with E-state index in [9.17, 15) is 9.59 Å². The number of aliphatic carboxylic acids is 1. The first-order chi connectivity index (χ1) is 8.47. The summed E-state index contributed by atoms with van der Waals surface area (Å²) >= 11 is 0. The fourth-order valence-corrected chi connectivity index (χ4v) is 1.62. The predicted molar refractivity (Wildman–Crippen MR) is 67.3 cm³/mol. The van der Waals surface area contributed by atoms with E-state index in [0.717, 1.165) is 0 Å². The lowest BCUT2D eigenvalue weighted by Crippen LogP contribution is -2.43. The molecule has 0 radical (unpaired) electrons. The first-order valence-corrected chi connectivity index (χ1v) is 5.38. The number of carbonyl (C=O) groups is 2. The molecule has 0 aliphatic carbocycles. The van der Waals surface area contributed by atoms with Gasteiger partial charge in [-0.3, -0.25) is 4.79 Å². The van der Waals surface area contributed by atoms with Crippen LogP contribution in [0.4, 0.5) is 11.4 Å². The number of nitrogens with two attached hydrogens (primary N) is 1. The predicted octanol–water partition coefficient (Wildman–Crippen LogP) is 0.721. The van der Waals surface area contributed by atoms with Gasteiger partial charge in [-0.05, 0) is 19.1 Å². The van der Waals surface area contributed by atoms with Crippen LogP contribution < -0.4 is 10.6 Å². The van der Waals surface area contributed by atoms with Crippen molar-refractivity contribution < 1.29 is 19.4 Å². The maximum atomic E-state index is 11.5. The molecule has 1 aromatic carbocycles. The molecule has 0 spiro atoms. The molecule has 1 unspecified atom stereocenters. The van der Waals surface area contributed by atoms with Crippen molar-refractivity contribution in [3.63, 3.8) is 0 Å². The highest BCUT2D eigenvalue weighted by Crippen LogP contribution is 2.24. The van der Waals surface area contributed by atoms with Crippen LogP contribution in [0.25, 0.3) is 0 Å². The van der Waals surface area contributed by atoms with Crippen molar-refractivity contribution in [3.8, 4) is 0 Å². The summed E-state index contributed by atoms with van der Waals surface area (Å²) in [5.41, 5.74) is 6.70. The van der Waals surface area contributed by atoms with Crippen molar-refractivity contribution >= 4 is 23.3 Å². The average molecular weight is 252 g/mol. The van der Waals surface area contributed by atoms with E-state index in [2.05, 4.69) is 4.74 Å². The number of esters is 1. The lowest BCUT2D eigenvalue weighted by molar-refractivity contribution is -0.142. The molecule has 0 fully saturated rings. The second-order valence-corrected chi connectivity index (χ2v) is 3.78. The number of rotatable bonds is 5. The summed E-state index contributed by atoms with van der Waals surface area (Å²) in [4.78, 5) is 23.8. The number of carboxylic acids is 1. The van der Waals surface area contributed by atoms with Crippen molar-refractivity contribution in [1.82, 2.24) is 0 Å². The molecular formula is C12H16N2O4. The van der Waals surface area contributed by atoms with Gasteiger partial charge in [0.15, 0.2) is 0 Å². The van der Waals surface area contributed by atoms with Crippen LogP contribution in [0.2, 0.25) is 0 Å². The van der Waals surface area contributed by atoms with Crippen LogP contribution in [-0.2, 0) is 14.3 Å². The Hall–Kier alpha value is -2.24. The highest BCUT2D eigenvalue weighted by Gasteiger charge is 2.25. The van der Waals surface area contributed by atoms with Crippen LogP contribution in [0.15, 0.2) is 24.3 Å². The van der Waals surface area contributed by atoms with Crippen molar-refractivity contribution in [1.29, 1.82) is 0 Å². The summed E-state index contributed by atoms with van der Waals surface area (Å²) in [7, 11) is 1.26. The standard InChI is InChI=1S/C12H16N2O4/c1-8(12(17)18-2)14(7-11(15)16)10-6-4-3-5-9(10)13/h3-6,8H,7,13H2,1-2H3,(H,15,16). The molecular weight excluding hydrogens is 236 g/mol. The van der Waals surface area contributed by atoms with Crippen molar-refractivity contribution in [2.75, 3.05) is 24.3 Å². The van der Waals surface area contributed by atoms with Gasteiger partial charge in [-0.2, -0.15) is 0 Å². The third-order valence-electron chi connectivity index (χ3n) is 2.56. The number of benzene rings is 1. The normalized spacial score (nSPS) is 11.7. The fraction of sp³-hybridized carbons (Fsp3) is 0.333. The highest BCUT2D eigenvalue weighted by atomic mass is 16.5. The molecule has 0 bridgehead atoms. The van der Waals surface area contributed by atoms with Crippen LogP contribution in [0, 0.1) is 0 Å². The van der Waals surface area contributed by atoms with Gasteiger partial charge in [-0.25, -0.2) is 4.79 Å². The van der Waals surface area contributed by atoms with Gasteiger partial charge in [-0.15, -0.1) is 0 Å². The second-order valence-electron chi connectivity index (χ2n) is 3.78. The second kappa shape index (κ2) is 5.90. The number of carbonyl (C=O) groups excluding carboxylic acids is 1. The Morgan fingerprint density at radius 1 is 1.44 bits per heavy atom. The summed E-state index contributed by atoms with van der Waals surface area (Å²) in [5, 5.41) is 8.90. The Labute approximate surface area is 105 Å². The Bertz CT molecular complexity index is 447. The maximum Gasteiger partial charge on any atom is 0.328 e. The lowest BCUT2D eigenvalue weighted by atomic mass is 10.2. The number of hydrogen-bond donors (Lipinski definition) is 2. The van der Waals surface area contributed by atoms with Gasteiger partial charge in [0.05, 0.1) is 18.5 Å². The van der Waals surface area contributed by atoms with Gasteiger partial charge < -0.3 is 20.5 Å². The lowest BCUT2D eigenvalue weighted by Gasteiger charge is -2.28. The van der Waals surface area contributed by atoms with E-state index in [4.69, 9.17) is 10.8 Å². The van der Waals surface area contributed by atoms with Gasteiger partial charge in [0.25, 0.3) is 0 Å². The van der Waals surface area contributed by atoms with Gasteiger partial charge in [0.1, 0.15) is 12.6 Å². The largest absolute Gasteiger partial charge is 0.480 e. The molecule has 0 aliphatic rings. The van der Waals surface area contributed by atoms with Crippen molar-refractivity contribution in [3.05, 3.63) is 24.3 Å². The molecule has 0 aromatic heterocycles. The Morgan fingerprint density at radius 2 is 2.06 bits per heavy atom. The summed E-state index contributed by atoms with van der Waals surface area (Å²) in [6, 6.07) is 6.05. The van der Waals surface area contributed by atoms with Crippen LogP contribution >= 0.6 is 0 Å². The molecule has 6 nitrogen and oxygen atoms in total. The molecule has 0 aliphatic heterocycles. The fourth-order valence-electron chi connectivity index (χ4n) is 1.62. The van der Waals surface area contributed by atoms with Crippen LogP contribution in [-0.4, -0.2) is 36.7 Å².